The average molecular weight is 260 g/mol. The molecule has 0 aliphatic heterocycles. The van der Waals surface area contributed by atoms with E-state index in [1.807, 2.05) is 19.1 Å². The van der Waals surface area contributed by atoms with E-state index in [0.717, 1.165) is 17.2 Å². The highest BCUT2D eigenvalue weighted by Crippen LogP contribution is 2.34. The normalized spacial score (nSPS) is 11.1. The second kappa shape index (κ2) is 4.81. The summed E-state index contributed by atoms with van der Waals surface area (Å²) in [5.41, 5.74) is 1.39. The maximum absolute atomic E-state index is 12.9. The van der Waals surface area contributed by atoms with Crippen molar-refractivity contribution in [1.29, 1.82) is 0 Å². The second-order valence-corrected chi connectivity index (χ2v) is 4.27. The Morgan fingerprint density at radius 3 is 2.05 bits per heavy atom. The first kappa shape index (κ1) is 13.2. The molecule has 3 heteroatoms. The van der Waals surface area contributed by atoms with E-state index in [4.69, 9.17) is 6.42 Å². The van der Waals surface area contributed by atoms with Gasteiger partial charge in [-0.05, 0) is 30.2 Å². The summed E-state index contributed by atoms with van der Waals surface area (Å²) < 4.78 is 38.7. The van der Waals surface area contributed by atoms with Gasteiger partial charge in [0.2, 0.25) is 0 Å². The molecule has 0 saturated carbocycles. The van der Waals surface area contributed by atoms with E-state index < -0.39 is 11.7 Å². The lowest BCUT2D eigenvalue weighted by molar-refractivity contribution is -0.137. The van der Waals surface area contributed by atoms with Gasteiger partial charge in [0.25, 0.3) is 0 Å². The Labute approximate surface area is 109 Å². The fourth-order valence-corrected chi connectivity index (χ4v) is 1.83. The third kappa shape index (κ3) is 2.79. The number of alkyl halides is 3. The Morgan fingerprint density at radius 1 is 0.947 bits per heavy atom. The van der Waals surface area contributed by atoms with E-state index in [1.54, 1.807) is 18.2 Å². The van der Waals surface area contributed by atoms with Gasteiger partial charge < -0.3 is 0 Å². The van der Waals surface area contributed by atoms with Crippen molar-refractivity contribution in [3.8, 4) is 23.5 Å². The SMILES string of the molecule is C#Cc1ccc(-c2ccc(C)cc2)cc1C(F)(F)F. The molecule has 96 valence electrons. The Kier molecular flexibility index (Phi) is 3.35. The zero-order valence-corrected chi connectivity index (χ0v) is 10.3. The van der Waals surface area contributed by atoms with Gasteiger partial charge in [-0.15, -0.1) is 6.42 Å². The van der Waals surface area contributed by atoms with Crippen molar-refractivity contribution >= 4 is 0 Å². The number of rotatable bonds is 1. The molecule has 2 aromatic rings. The van der Waals surface area contributed by atoms with E-state index in [1.165, 1.54) is 6.07 Å². The standard InChI is InChI=1S/C16H11F3/c1-3-12-8-9-14(10-15(12)16(17,18)19)13-6-4-11(2)5-7-13/h1,4-10H,2H3. The van der Waals surface area contributed by atoms with Crippen LogP contribution in [0, 0.1) is 19.3 Å². The van der Waals surface area contributed by atoms with Crippen LogP contribution in [0.5, 0.6) is 0 Å². The van der Waals surface area contributed by atoms with Gasteiger partial charge in [0.05, 0.1) is 5.56 Å². The van der Waals surface area contributed by atoms with Gasteiger partial charge in [0, 0.05) is 5.56 Å². The molecule has 0 fully saturated rings. The molecule has 0 aromatic heterocycles. The van der Waals surface area contributed by atoms with Gasteiger partial charge in [0.1, 0.15) is 0 Å². The summed E-state index contributed by atoms with van der Waals surface area (Å²) in [5, 5.41) is 0. The third-order valence-corrected chi connectivity index (χ3v) is 2.87. The summed E-state index contributed by atoms with van der Waals surface area (Å²) in [7, 11) is 0. The van der Waals surface area contributed by atoms with Crippen LogP contribution >= 0.6 is 0 Å². The van der Waals surface area contributed by atoms with E-state index in [2.05, 4.69) is 5.92 Å². The summed E-state index contributed by atoms with van der Waals surface area (Å²) in [4.78, 5) is 0. The van der Waals surface area contributed by atoms with Gasteiger partial charge in [-0.25, -0.2) is 0 Å². The molecular formula is C16H11F3. The number of hydrogen-bond acceptors (Lipinski definition) is 0. The molecule has 0 nitrogen and oxygen atoms in total. The number of benzene rings is 2. The Hall–Kier alpha value is -2.21. The Balaban J connectivity index is 2.56. The first-order valence-electron chi connectivity index (χ1n) is 5.67. The van der Waals surface area contributed by atoms with Crippen molar-refractivity contribution in [2.75, 3.05) is 0 Å². The predicted octanol–water partition coefficient (Wildman–Crippen LogP) is 4.66. The molecule has 0 radical (unpaired) electrons. The molecule has 2 aromatic carbocycles. The van der Waals surface area contributed by atoms with Crippen molar-refractivity contribution in [3.63, 3.8) is 0 Å². The van der Waals surface area contributed by atoms with Gasteiger partial charge in [0.15, 0.2) is 0 Å². The van der Waals surface area contributed by atoms with Crippen LogP contribution in [-0.2, 0) is 6.18 Å². The first-order chi connectivity index (χ1) is 8.91. The summed E-state index contributed by atoms with van der Waals surface area (Å²) in [6.07, 6.45) is 0.664. The fourth-order valence-electron chi connectivity index (χ4n) is 1.83. The van der Waals surface area contributed by atoms with Gasteiger partial charge >= 0.3 is 6.18 Å². The molecule has 0 amide bonds. The van der Waals surface area contributed by atoms with E-state index in [9.17, 15) is 13.2 Å². The lowest BCUT2D eigenvalue weighted by Crippen LogP contribution is -2.07. The van der Waals surface area contributed by atoms with Crippen molar-refractivity contribution in [1.82, 2.24) is 0 Å². The van der Waals surface area contributed by atoms with Crippen LogP contribution in [0.1, 0.15) is 16.7 Å². The van der Waals surface area contributed by atoms with Crippen molar-refractivity contribution < 1.29 is 13.2 Å². The summed E-state index contributed by atoms with van der Waals surface area (Å²) in [5.74, 6) is 2.07. The fraction of sp³-hybridized carbons (Fsp3) is 0.125. The largest absolute Gasteiger partial charge is 0.417 e. The molecule has 19 heavy (non-hydrogen) atoms. The highest BCUT2D eigenvalue weighted by atomic mass is 19.4. The maximum atomic E-state index is 12.9. The molecule has 0 saturated heterocycles. The lowest BCUT2D eigenvalue weighted by Gasteiger charge is -2.11. The minimum Gasteiger partial charge on any atom is -0.166 e. The van der Waals surface area contributed by atoms with E-state index in [0.29, 0.717) is 5.56 Å². The smallest absolute Gasteiger partial charge is 0.166 e. The highest BCUT2D eigenvalue weighted by Gasteiger charge is 2.33. The molecule has 0 N–H and O–H groups in total. The summed E-state index contributed by atoms with van der Waals surface area (Å²) >= 11 is 0. The molecule has 0 unspecified atom stereocenters. The lowest BCUT2D eigenvalue weighted by atomic mass is 9.98. The third-order valence-electron chi connectivity index (χ3n) is 2.87. The minimum atomic E-state index is -4.44. The van der Waals surface area contributed by atoms with Crippen molar-refractivity contribution in [2.24, 2.45) is 0 Å². The number of terminal acetylenes is 1. The predicted molar refractivity (Wildman–Crippen MR) is 69.6 cm³/mol. The number of halogens is 3. The molecule has 0 aliphatic rings. The molecule has 0 aliphatic carbocycles. The molecule has 0 bridgehead atoms. The minimum absolute atomic E-state index is 0.136. The first-order valence-corrected chi connectivity index (χ1v) is 5.67. The number of hydrogen-bond donors (Lipinski definition) is 0. The maximum Gasteiger partial charge on any atom is 0.417 e. The molecule has 0 heterocycles. The van der Waals surface area contributed by atoms with Crippen molar-refractivity contribution in [2.45, 2.75) is 13.1 Å². The van der Waals surface area contributed by atoms with Crippen molar-refractivity contribution in [3.05, 3.63) is 59.2 Å². The van der Waals surface area contributed by atoms with Crippen LogP contribution in [0.4, 0.5) is 13.2 Å². The monoisotopic (exact) mass is 260 g/mol. The Morgan fingerprint density at radius 2 is 1.53 bits per heavy atom. The van der Waals surface area contributed by atoms with Gasteiger partial charge in [-0.1, -0.05) is 41.8 Å². The van der Waals surface area contributed by atoms with Crippen LogP contribution < -0.4 is 0 Å². The van der Waals surface area contributed by atoms with E-state index in [-0.39, 0.29) is 5.56 Å². The molecular weight excluding hydrogens is 249 g/mol. The zero-order chi connectivity index (χ0) is 14.0. The Bertz CT molecular complexity index is 629. The van der Waals surface area contributed by atoms with Crippen LogP contribution in [0.3, 0.4) is 0 Å². The summed E-state index contributed by atoms with van der Waals surface area (Å²) in [6, 6.07) is 11.3. The topological polar surface area (TPSA) is 0 Å². The molecule has 0 atom stereocenters. The van der Waals surface area contributed by atoms with E-state index >= 15 is 0 Å². The quantitative estimate of drug-likeness (QED) is 0.654. The van der Waals surface area contributed by atoms with Gasteiger partial charge in [-0.3, -0.25) is 0 Å². The summed E-state index contributed by atoms with van der Waals surface area (Å²) in [6.45, 7) is 1.92. The van der Waals surface area contributed by atoms with Gasteiger partial charge in [-0.2, -0.15) is 13.2 Å². The molecule has 0 spiro atoms. The highest BCUT2D eigenvalue weighted by molar-refractivity contribution is 5.66. The van der Waals surface area contributed by atoms with Crippen LogP contribution in [-0.4, -0.2) is 0 Å². The number of aryl methyl sites for hydroxylation is 1. The van der Waals surface area contributed by atoms with Crippen LogP contribution in [0.15, 0.2) is 42.5 Å². The average Bonchev–Trinajstić information content (AvgIpc) is 2.38. The van der Waals surface area contributed by atoms with Crippen LogP contribution in [0.2, 0.25) is 0 Å². The van der Waals surface area contributed by atoms with Crippen LogP contribution in [0.25, 0.3) is 11.1 Å². The molecule has 2 rings (SSSR count). The second-order valence-electron chi connectivity index (χ2n) is 4.27. The zero-order valence-electron chi connectivity index (χ0n) is 10.3.